The van der Waals surface area contributed by atoms with Crippen LogP contribution in [0.5, 0.6) is 0 Å². The highest BCUT2D eigenvalue weighted by Crippen LogP contribution is 2.10. The lowest BCUT2D eigenvalue weighted by molar-refractivity contribution is -0.122. The lowest BCUT2D eigenvalue weighted by atomic mass is 10.1. The molecule has 7 nitrogen and oxygen atoms in total. The van der Waals surface area contributed by atoms with Crippen LogP contribution in [0, 0.1) is 0 Å². The normalized spacial score (nSPS) is 13.0. The zero-order valence-corrected chi connectivity index (χ0v) is 15.6. The molecule has 0 radical (unpaired) electrons. The van der Waals surface area contributed by atoms with Crippen LogP contribution in [0.15, 0.2) is 28.0 Å². The molecule has 0 bridgehead atoms. The Bertz CT molecular complexity index is 710. The molecule has 0 fully saturated rings. The Hall–Kier alpha value is -1.67. The average molecular weight is 357 g/mol. The molecule has 0 saturated carbocycles. The summed E-state index contributed by atoms with van der Waals surface area (Å²) in [6, 6.07) is 2.43. The fourth-order valence-corrected chi connectivity index (χ4v) is 3.17. The third-order valence-corrected chi connectivity index (χ3v) is 5.50. The lowest BCUT2D eigenvalue weighted by Gasteiger charge is -2.15. The molecule has 0 saturated heterocycles. The third kappa shape index (κ3) is 5.76. The van der Waals surface area contributed by atoms with Gasteiger partial charge in [0.15, 0.2) is 0 Å². The van der Waals surface area contributed by atoms with Crippen LogP contribution in [0.25, 0.3) is 0 Å². The summed E-state index contributed by atoms with van der Waals surface area (Å²) in [4.78, 5) is 23.9. The van der Waals surface area contributed by atoms with Crippen molar-refractivity contribution < 1.29 is 13.2 Å². The summed E-state index contributed by atoms with van der Waals surface area (Å²) in [7, 11) is -0.824. The van der Waals surface area contributed by atoms with Gasteiger partial charge in [-0.1, -0.05) is 26.2 Å². The minimum Gasteiger partial charge on any atom is -0.352 e. The number of amides is 1. The van der Waals surface area contributed by atoms with E-state index in [1.54, 1.807) is 0 Å². The first-order valence-corrected chi connectivity index (χ1v) is 9.55. The van der Waals surface area contributed by atoms with Crippen molar-refractivity contribution in [2.75, 3.05) is 14.1 Å². The van der Waals surface area contributed by atoms with Crippen LogP contribution in [0.2, 0.25) is 0 Å². The van der Waals surface area contributed by atoms with E-state index >= 15 is 0 Å². The topological polar surface area (TPSA) is 88.5 Å². The molecule has 1 aromatic rings. The number of carbonyl (C=O) groups is 1. The van der Waals surface area contributed by atoms with E-state index < -0.39 is 15.6 Å². The SMILES string of the molecule is CCCCCC(C)NC(=O)Cn1cc(S(=O)(=O)N(C)C)ccc1=O. The Morgan fingerprint density at radius 1 is 1.29 bits per heavy atom. The van der Waals surface area contributed by atoms with Crippen LogP contribution in [0.4, 0.5) is 0 Å². The molecule has 0 aliphatic heterocycles. The fourth-order valence-electron chi connectivity index (χ4n) is 2.24. The van der Waals surface area contributed by atoms with Crippen molar-refractivity contribution in [2.45, 2.75) is 57.0 Å². The number of hydrogen-bond acceptors (Lipinski definition) is 4. The molecule has 0 aromatic carbocycles. The highest BCUT2D eigenvalue weighted by atomic mass is 32.2. The number of unbranched alkanes of at least 4 members (excludes halogenated alkanes) is 2. The molecule has 1 rings (SSSR count). The van der Waals surface area contributed by atoms with Crippen LogP contribution < -0.4 is 10.9 Å². The number of aromatic nitrogens is 1. The molecule has 1 N–H and O–H groups in total. The number of carbonyl (C=O) groups excluding carboxylic acids is 1. The second kappa shape index (κ2) is 8.98. The largest absolute Gasteiger partial charge is 0.352 e. The average Bonchev–Trinajstić information content (AvgIpc) is 2.49. The molecular weight excluding hydrogens is 330 g/mol. The van der Waals surface area contributed by atoms with Crippen LogP contribution >= 0.6 is 0 Å². The van der Waals surface area contributed by atoms with Gasteiger partial charge in [0.25, 0.3) is 5.56 Å². The fraction of sp³-hybridized carbons (Fsp3) is 0.625. The summed E-state index contributed by atoms with van der Waals surface area (Å²) in [5, 5.41) is 2.84. The second-order valence-corrected chi connectivity index (χ2v) is 8.23. The quantitative estimate of drug-likeness (QED) is 0.672. The van der Waals surface area contributed by atoms with Crippen LogP contribution in [0.3, 0.4) is 0 Å². The van der Waals surface area contributed by atoms with Gasteiger partial charge in [0.1, 0.15) is 6.54 Å². The van der Waals surface area contributed by atoms with Crippen molar-refractivity contribution >= 4 is 15.9 Å². The number of hydrogen-bond donors (Lipinski definition) is 1. The number of sulfonamides is 1. The molecular formula is C16H27N3O4S. The maximum Gasteiger partial charge on any atom is 0.251 e. The summed E-state index contributed by atoms with van der Waals surface area (Å²) in [6.07, 6.45) is 5.35. The summed E-state index contributed by atoms with van der Waals surface area (Å²) >= 11 is 0. The van der Waals surface area contributed by atoms with Crippen molar-refractivity contribution in [2.24, 2.45) is 0 Å². The third-order valence-electron chi connectivity index (χ3n) is 3.70. The van der Waals surface area contributed by atoms with Crippen molar-refractivity contribution in [3.05, 3.63) is 28.7 Å². The molecule has 1 unspecified atom stereocenters. The summed E-state index contributed by atoms with van der Waals surface area (Å²) in [5.74, 6) is -0.305. The van der Waals surface area contributed by atoms with Gasteiger partial charge in [0.05, 0.1) is 4.90 Å². The van der Waals surface area contributed by atoms with E-state index in [1.807, 2.05) is 6.92 Å². The van der Waals surface area contributed by atoms with E-state index in [9.17, 15) is 18.0 Å². The van der Waals surface area contributed by atoms with E-state index in [4.69, 9.17) is 0 Å². The first-order chi connectivity index (χ1) is 11.2. The number of nitrogens with one attached hydrogen (secondary N) is 1. The molecule has 1 atom stereocenters. The Kier molecular flexibility index (Phi) is 7.62. The molecule has 0 aliphatic rings. The second-order valence-electron chi connectivity index (χ2n) is 6.08. The predicted octanol–water partition coefficient (Wildman–Crippen LogP) is 1.18. The maximum absolute atomic E-state index is 12.1. The Morgan fingerprint density at radius 2 is 1.96 bits per heavy atom. The summed E-state index contributed by atoms with van der Waals surface area (Å²) in [5.41, 5.74) is -0.415. The highest BCUT2D eigenvalue weighted by Gasteiger charge is 2.19. The first-order valence-electron chi connectivity index (χ1n) is 8.11. The number of pyridine rings is 1. The Balaban J connectivity index is 2.81. The number of nitrogens with zero attached hydrogens (tertiary/aromatic N) is 2. The van der Waals surface area contributed by atoms with Crippen molar-refractivity contribution in [3.8, 4) is 0 Å². The molecule has 136 valence electrons. The molecule has 1 aromatic heterocycles. The van der Waals surface area contributed by atoms with E-state index in [0.717, 1.165) is 40.6 Å². The van der Waals surface area contributed by atoms with Gasteiger partial charge in [-0.05, 0) is 19.4 Å². The zero-order valence-electron chi connectivity index (χ0n) is 14.8. The monoisotopic (exact) mass is 357 g/mol. The Morgan fingerprint density at radius 3 is 2.54 bits per heavy atom. The van der Waals surface area contributed by atoms with Crippen molar-refractivity contribution in [3.63, 3.8) is 0 Å². The first kappa shape index (κ1) is 20.4. The minimum atomic E-state index is -3.65. The standard InChI is InChI=1S/C16H27N3O4S/c1-5-6-7-8-13(2)17-15(20)12-19-11-14(9-10-16(19)21)24(22,23)18(3)4/h9-11,13H,5-8,12H2,1-4H3,(H,17,20). The summed E-state index contributed by atoms with van der Waals surface area (Å²) < 4.78 is 26.4. The minimum absolute atomic E-state index is 0.0177. The molecule has 1 amide bonds. The van der Waals surface area contributed by atoms with Crippen molar-refractivity contribution in [1.82, 2.24) is 14.2 Å². The molecule has 0 aliphatic carbocycles. The van der Waals surface area contributed by atoms with Gasteiger partial charge < -0.3 is 9.88 Å². The predicted molar refractivity (Wildman–Crippen MR) is 93.3 cm³/mol. The lowest BCUT2D eigenvalue weighted by Crippen LogP contribution is -2.37. The van der Waals surface area contributed by atoms with E-state index in [2.05, 4.69) is 12.2 Å². The van der Waals surface area contributed by atoms with Gasteiger partial charge >= 0.3 is 0 Å². The van der Waals surface area contributed by atoms with Gasteiger partial charge in [0.2, 0.25) is 15.9 Å². The van der Waals surface area contributed by atoms with Crippen LogP contribution in [-0.4, -0.2) is 43.3 Å². The van der Waals surface area contributed by atoms with Gasteiger partial charge in [-0.25, -0.2) is 12.7 Å². The highest BCUT2D eigenvalue weighted by molar-refractivity contribution is 7.89. The van der Waals surface area contributed by atoms with E-state index in [0.29, 0.717) is 0 Å². The van der Waals surface area contributed by atoms with Gasteiger partial charge in [-0.3, -0.25) is 9.59 Å². The van der Waals surface area contributed by atoms with Crippen LogP contribution in [0.1, 0.15) is 39.5 Å². The Labute approximate surface area is 143 Å². The van der Waals surface area contributed by atoms with Crippen molar-refractivity contribution in [1.29, 1.82) is 0 Å². The van der Waals surface area contributed by atoms with Gasteiger partial charge in [-0.2, -0.15) is 0 Å². The summed E-state index contributed by atoms with van der Waals surface area (Å²) in [6.45, 7) is 3.83. The smallest absolute Gasteiger partial charge is 0.251 e. The maximum atomic E-state index is 12.1. The van der Waals surface area contributed by atoms with Crippen LogP contribution in [-0.2, 0) is 21.4 Å². The van der Waals surface area contributed by atoms with E-state index in [1.165, 1.54) is 26.4 Å². The van der Waals surface area contributed by atoms with E-state index in [-0.39, 0.29) is 23.4 Å². The number of rotatable bonds is 9. The molecule has 1 heterocycles. The zero-order chi connectivity index (χ0) is 18.3. The van der Waals surface area contributed by atoms with Gasteiger partial charge in [-0.15, -0.1) is 0 Å². The molecule has 8 heteroatoms. The molecule has 0 spiro atoms. The molecule has 24 heavy (non-hydrogen) atoms. The van der Waals surface area contributed by atoms with Gasteiger partial charge in [0, 0.05) is 32.4 Å².